The number of carbonyl (C=O) groups is 1. The summed E-state index contributed by atoms with van der Waals surface area (Å²) >= 11 is 1.12. The van der Waals surface area contributed by atoms with Crippen molar-refractivity contribution in [3.8, 4) is 0 Å². The van der Waals surface area contributed by atoms with Gasteiger partial charge in [0.2, 0.25) is 5.01 Å². The van der Waals surface area contributed by atoms with Crippen LogP contribution in [0.2, 0.25) is 0 Å². The lowest BCUT2D eigenvalue weighted by molar-refractivity contribution is 0.0949. The molecule has 0 saturated heterocycles. The SMILES string of the molecule is Cc1c(=O)c(Cc2ccc(F)c(F)c2)cn2nc(C(=O)NCc3ccncc3)sc12. The van der Waals surface area contributed by atoms with E-state index in [4.69, 9.17) is 0 Å². The van der Waals surface area contributed by atoms with E-state index in [2.05, 4.69) is 15.4 Å². The van der Waals surface area contributed by atoms with E-state index in [0.29, 0.717) is 28.1 Å². The lowest BCUT2D eigenvalue weighted by atomic mass is 10.0. The van der Waals surface area contributed by atoms with E-state index in [-0.39, 0.29) is 22.8 Å². The number of aryl methyl sites for hydroxylation is 1. The van der Waals surface area contributed by atoms with E-state index in [0.717, 1.165) is 29.0 Å². The van der Waals surface area contributed by atoms with Gasteiger partial charge in [-0.15, -0.1) is 0 Å². The summed E-state index contributed by atoms with van der Waals surface area (Å²) in [6, 6.07) is 7.12. The zero-order valence-corrected chi connectivity index (χ0v) is 16.7. The number of amides is 1. The summed E-state index contributed by atoms with van der Waals surface area (Å²) < 4.78 is 28.1. The summed E-state index contributed by atoms with van der Waals surface area (Å²) in [7, 11) is 0. The highest BCUT2D eigenvalue weighted by atomic mass is 32.1. The second kappa shape index (κ2) is 8.11. The number of carbonyl (C=O) groups excluding carboxylic acids is 1. The van der Waals surface area contributed by atoms with E-state index >= 15 is 0 Å². The standard InChI is InChI=1S/C21H16F2N4O2S/c1-12-18(28)15(8-14-2-3-16(22)17(23)9-14)11-27-21(12)30-20(26-27)19(29)25-10-13-4-6-24-7-5-13/h2-7,9,11H,8,10H2,1H3,(H,25,29). The average Bonchev–Trinajstić information content (AvgIpc) is 3.18. The Bertz CT molecular complexity index is 1300. The topological polar surface area (TPSA) is 76.4 Å². The van der Waals surface area contributed by atoms with Gasteiger partial charge in [0, 0.05) is 42.7 Å². The minimum Gasteiger partial charge on any atom is -0.346 e. The number of halogens is 2. The van der Waals surface area contributed by atoms with Crippen LogP contribution in [0.5, 0.6) is 0 Å². The number of nitrogens with zero attached hydrogens (tertiary/aromatic N) is 3. The van der Waals surface area contributed by atoms with Gasteiger partial charge in [-0.25, -0.2) is 13.3 Å². The normalized spacial score (nSPS) is 11.0. The number of aromatic nitrogens is 3. The zero-order chi connectivity index (χ0) is 21.3. The molecule has 30 heavy (non-hydrogen) atoms. The Morgan fingerprint density at radius 3 is 2.63 bits per heavy atom. The molecule has 6 nitrogen and oxygen atoms in total. The number of benzene rings is 1. The van der Waals surface area contributed by atoms with E-state index in [1.54, 1.807) is 31.5 Å². The average molecular weight is 426 g/mol. The Hall–Kier alpha value is -3.46. The smallest absolute Gasteiger partial charge is 0.282 e. The van der Waals surface area contributed by atoms with Crippen molar-refractivity contribution >= 4 is 22.1 Å². The fraction of sp³-hybridized carbons (Fsp3) is 0.143. The molecule has 1 amide bonds. The molecule has 0 spiro atoms. The monoisotopic (exact) mass is 426 g/mol. The number of hydrogen-bond donors (Lipinski definition) is 1. The maximum atomic E-state index is 13.5. The molecule has 0 aliphatic carbocycles. The Morgan fingerprint density at radius 1 is 1.13 bits per heavy atom. The lowest BCUT2D eigenvalue weighted by Gasteiger charge is -2.05. The Kier molecular flexibility index (Phi) is 5.37. The lowest BCUT2D eigenvalue weighted by Crippen LogP contribution is -2.22. The molecule has 4 rings (SSSR count). The summed E-state index contributed by atoms with van der Waals surface area (Å²) in [5.74, 6) is -2.26. The van der Waals surface area contributed by atoms with Crippen LogP contribution >= 0.6 is 11.3 Å². The van der Waals surface area contributed by atoms with Crippen molar-refractivity contribution in [2.45, 2.75) is 19.9 Å². The third-order valence-corrected chi connectivity index (χ3v) is 5.75. The predicted octanol–water partition coefficient (Wildman–Crippen LogP) is 3.26. The minimum atomic E-state index is -0.966. The molecule has 3 aromatic heterocycles. The Morgan fingerprint density at radius 2 is 1.90 bits per heavy atom. The van der Waals surface area contributed by atoms with Crippen LogP contribution in [0.3, 0.4) is 0 Å². The highest BCUT2D eigenvalue weighted by molar-refractivity contribution is 7.19. The second-order valence-corrected chi connectivity index (χ2v) is 7.71. The van der Waals surface area contributed by atoms with Gasteiger partial charge in [0.25, 0.3) is 5.91 Å². The molecule has 0 aliphatic rings. The van der Waals surface area contributed by atoms with Gasteiger partial charge in [0.05, 0.1) is 0 Å². The van der Waals surface area contributed by atoms with Gasteiger partial charge in [-0.1, -0.05) is 17.4 Å². The van der Waals surface area contributed by atoms with Crippen LogP contribution in [0.1, 0.15) is 32.1 Å². The Balaban J connectivity index is 1.61. The third kappa shape index (κ3) is 3.97. The number of rotatable bonds is 5. The molecular weight excluding hydrogens is 410 g/mol. The molecule has 4 aromatic rings. The van der Waals surface area contributed by atoms with Gasteiger partial charge in [-0.05, 0) is 42.3 Å². The maximum Gasteiger partial charge on any atom is 0.282 e. The first kappa shape index (κ1) is 19.8. The van der Waals surface area contributed by atoms with E-state index in [1.165, 1.54) is 16.8 Å². The van der Waals surface area contributed by atoms with Crippen molar-refractivity contribution in [1.82, 2.24) is 19.9 Å². The molecule has 0 radical (unpaired) electrons. The van der Waals surface area contributed by atoms with Crippen molar-refractivity contribution in [2.75, 3.05) is 0 Å². The molecule has 0 unspecified atom stereocenters. The summed E-state index contributed by atoms with van der Waals surface area (Å²) in [5, 5.41) is 7.31. The van der Waals surface area contributed by atoms with Crippen LogP contribution in [0.4, 0.5) is 8.78 Å². The first-order chi connectivity index (χ1) is 14.4. The van der Waals surface area contributed by atoms with Crippen LogP contribution < -0.4 is 10.7 Å². The highest BCUT2D eigenvalue weighted by Crippen LogP contribution is 2.19. The predicted molar refractivity (Wildman–Crippen MR) is 109 cm³/mol. The molecule has 0 saturated carbocycles. The van der Waals surface area contributed by atoms with Crippen molar-refractivity contribution in [3.05, 3.63) is 98.0 Å². The van der Waals surface area contributed by atoms with Crippen molar-refractivity contribution < 1.29 is 13.6 Å². The molecule has 0 bridgehead atoms. The van der Waals surface area contributed by atoms with Gasteiger partial charge < -0.3 is 5.32 Å². The van der Waals surface area contributed by atoms with Crippen LogP contribution in [-0.4, -0.2) is 20.5 Å². The van der Waals surface area contributed by atoms with Crippen molar-refractivity contribution in [3.63, 3.8) is 0 Å². The first-order valence-electron chi connectivity index (χ1n) is 9.05. The van der Waals surface area contributed by atoms with Crippen LogP contribution in [0, 0.1) is 18.6 Å². The minimum absolute atomic E-state index is 0.126. The quantitative estimate of drug-likeness (QED) is 0.532. The van der Waals surface area contributed by atoms with E-state index in [1.807, 2.05) is 0 Å². The van der Waals surface area contributed by atoms with Gasteiger partial charge in [0.1, 0.15) is 4.83 Å². The van der Waals surface area contributed by atoms with Gasteiger partial charge >= 0.3 is 0 Å². The van der Waals surface area contributed by atoms with E-state index in [9.17, 15) is 18.4 Å². The number of fused-ring (bicyclic) bond motifs is 1. The van der Waals surface area contributed by atoms with E-state index < -0.39 is 11.6 Å². The fourth-order valence-corrected chi connectivity index (χ4v) is 3.94. The maximum absolute atomic E-state index is 13.5. The number of pyridine rings is 2. The largest absolute Gasteiger partial charge is 0.346 e. The van der Waals surface area contributed by atoms with Crippen LogP contribution in [0.15, 0.2) is 53.7 Å². The molecule has 9 heteroatoms. The summed E-state index contributed by atoms with van der Waals surface area (Å²) in [5.41, 5.74) is 1.98. The summed E-state index contributed by atoms with van der Waals surface area (Å²) in [6.45, 7) is 1.98. The van der Waals surface area contributed by atoms with Gasteiger partial charge in [-0.3, -0.25) is 14.6 Å². The number of nitrogens with one attached hydrogen (secondary N) is 1. The van der Waals surface area contributed by atoms with Gasteiger partial charge in [0.15, 0.2) is 17.1 Å². The molecule has 1 N–H and O–H groups in total. The number of hydrogen-bond acceptors (Lipinski definition) is 5. The van der Waals surface area contributed by atoms with Crippen molar-refractivity contribution in [2.24, 2.45) is 0 Å². The van der Waals surface area contributed by atoms with Gasteiger partial charge in [-0.2, -0.15) is 5.10 Å². The first-order valence-corrected chi connectivity index (χ1v) is 9.87. The second-order valence-electron chi connectivity index (χ2n) is 6.73. The molecular formula is C21H16F2N4O2S. The summed E-state index contributed by atoms with van der Waals surface area (Å²) in [4.78, 5) is 29.7. The molecule has 0 aliphatic heterocycles. The van der Waals surface area contributed by atoms with Crippen LogP contribution in [0.25, 0.3) is 4.83 Å². The highest BCUT2D eigenvalue weighted by Gasteiger charge is 2.17. The Labute approximate surface area is 173 Å². The zero-order valence-electron chi connectivity index (χ0n) is 15.9. The summed E-state index contributed by atoms with van der Waals surface area (Å²) in [6.07, 6.45) is 4.94. The molecule has 3 heterocycles. The molecule has 0 fully saturated rings. The molecule has 1 aromatic carbocycles. The van der Waals surface area contributed by atoms with Crippen LogP contribution in [-0.2, 0) is 13.0 Å². The molecule has 152 valence electrons. The fourth-order valence-electron chi connectivity index (χ4n) is 3.03. The molecule has 0 atom stereocenters. The van der Waals surface area contributed by atoms with Crippen molar-refractivity contribution in [1.29, 1.82) is 0 Å². The third-order valence-electron chi connectivity index (χ3n) is 4.61.